The smallest absolute Gasteiger partial charge is 0.338 e. The monoisotopic (exact) mass is 207 g/mol. The summed E-state index contributed by atoms with van der Waals surface area (Å²) in [4.78, 5) is 14.4. The first-order chi connectivity index (χ1) is 7.11. The van der Waals surface area contributed by atoms with Crippen LogP contribution in [0.15, 0.2) is 18.2 Å². The third-order valence-electron chi connectivity index (χ3n) is 2.24. The fourth-order valence-corrected chi connectivity index (χ4v) is 1.62. The number of ether oxygens (including phenoxy) is 1. The van der Waals surface area contributed by atoms with E-state index < -0.39 is 11.8 Å². The van der Waals surface area contributed by atoms with Gasteiger partial charge in [0.1, 0.15) is 5.82 Å². The van der Waals surface area contributed by atoms with Crippen molar-refractivity contribution < 1.29 is 13.9 Å². The first-order valence-corrected chi connectivity index (χ1v) is 4.49. The second-order valence-electron chi connectivity index (χ2n) is 3.36. The first-order valence-electron chi connectivity index (χ1n) is 4.49. The molecule has 15 heavy (non-hydrogen) atoms. The number of aromatic amines is 1. The van der Waals surface area contributed by atoms with Gasteiger partial charge in [0.2, 0.25) is 0 Å². The van der Waals surface area contributed by atoms with Crippen LogP contribution in [0, 0.1) is 12.7 Å². The highest BCUT2D eigenvalue weighted by atomic mass is 19.1. The molecule has 0 bridgehead atoms. The molecular weight excluding hydrogens is 197 g/mol. The van der Waals surface area contributed by atoms with Crippen molar-refractivity contribution in [1.29, 1.82) is 0 Å². The van der Waals surface area contributed by atoms with Gasteiger partial charge in [0, 0.05) is 16.6 Å². The maximum atomic E-state index is 13.2. The van der Waals surface area contributed by atoms with E-state index in [1.165, 1.54) is 19.2 Å². The Morgan fingerprint density at radius 3 is 2.80 bits per heavy atom. The lowest BCUT2D eigenvalue weighted by molar-refractivity contribution is 0.0602. The lowest BCUT2D eigenvalue weighted by atomic mass is 10.1. The van der Waals surface area contributed by atoms with Gasteiger partial charge in [-0.05, 0) is 25.1 Å². The highest BCUT2D eigenvalue weighted by molar-refractivity contribution is 6.04. The van der Waals surface area contributed by atoms with Gasteiger partial charge in [-0.15, -0.1) is 0 Å². The Hall–Kier alpha value is -1.84. The number of hydrogen-bond acceptors (Lipinski definition) is 2. The third-order valence-corrected chi connectivity index (χ3v) is 2.24. The van der Waals surface area contributed by atoms with E-state index in [4.69, 9.17) is 0 Å². The molecule has 2 rings (SSSR count). The summed E-state index contributed by atoms with van der Waals surface area (Å²) in [7, 11) is 1.28. The summed E-state index contributed by atoms with van der Waals surface area (Å²) in [5.74, 6) is -0.983. The van der Waals surface area contributed by atoms with Crippen LogP contribution in [0.2, 0.25) is 0 Å². The largest absolute Gasteiger partial charge is 0.465 e. The van der Waals surface area contributed by atoms with Crippen molar-refractivity contribution in [1.82, 2.24) is 4.98 Å². The highest BCUT2D eigenvalue weighted by Crippen LogP contribution is 2.22. The fourth-order valence-electron chi connectivity index (χ4n) is 1.62. The Labute approximate surface area is 85.9 Å². The molecule has 0 aliphatic carbocycles. The Balaban J connectivity index is 2.75. The van der Waals surface area contributed by atoms with E-state index in [-0.39, 0.29) is 5.56 Å². The van der Waals surface area contributed by atoms with Gasteiger partial charge >= 0.3 is 5.97 Å². The van der Waals surface area contributed by atoms with Crippen LogP contribution < -0.4 is 0 Å². The van der Waals surface area contributed by atoms with E-state index in [0.29, 0.717) is 10.9 Å². The molecule has 0 saturated carbocycles. The van der Waals surface area contributed by atoms with Crippen molar-refractivity contribution in [2.45, 2.75) is 6.92 Å². The number of carbonyl (C=O) groups excluding carboxylic acids is 1. The van der Waals surface area contributed by atoms with Gasteiger partial charge in [-0.25, -0.2) is 9.18 Å². The number of H-pyrrole nitrogens is 1. The van der Waals surface area contributed by atoms with E-state index in [1.807, 2.05) is 6.92 Å². The predicted octanol–water partition coefficient (Wildman–Crippen LogP) is 2.40. The summed E-state index contributed by atoms with van der Waals surface area (Å²) in [5, 5.41) is 0.681. The molecule has 1 aromatic heterocycles. The molecule has 0 atom stereocenters. The molecule has 0 saturated heterocycles. The summed E-state index contributed by atoms with van der Waals surface area (Å²) in [6, 6.07) is 4.33. The van der Waals surface area contributed by atoms with Crippen molar-refractivity contribution >= 4 is 16.9 Å². The zero-order chi connectivity index (χ0) is 11.0. The molecule has 1 heterocycles. The van der Waals surface area contributed by atoms with E-state index in [1.54, 1.807) is 6.07 Å². The Morgan fingerprint density at radius 2 is 2.13 bits per heavy atom. The molecule has 1 N–H and O–H groups in total. The van der Waals surface area contributed by atoms with E-state index in [9.17, 15) is 9.18 Å². The number of halogens is 1. The van der Waals surface area contributed by atoms with Crippen LogP contribution in [-0.4, -0.2) is 18.1 Å². The summed E-state index contributed by atoms with van der Waals surface area (Å²) in [6.45, 7) is 1.85. The molecule has 0 unspecified atom stereocenters. The maximum absolute atomic E-state index is 13.2. The van der Waals surface area contributed by atoms with Gasteiger partial charge < -0.3 is 9.72 Å². The van der Waals surface area contributed by atoms with Gasteiger partial charge in [0.05, 0.1) is 12.7 Å². The second-order valence-corrected chi connectivity index (χ2v) is 3.36. The number of aromatic nitrogens is 1. The van der Waals surface area contributed by atoms with Crippen LogP contribution in [0.3, 0.4) is 0 Å². The van der Waals surface area contributed by atoms with Crippen molar-refractivity contribution in [3.05, 3.63) is 35.3 Å². The predicted molar refractivity (Wildman–Crippen MR) is 54.3 cm³/mol. The maximum Gasteiger partial charge on any atom is 0.338 e. The minimum atomic E-state index is -0.529. The summed E-state index contributed by atoms with van der Waals surface area (Å²) < 4.78 is 17.8. The number of hydrogen-bond donors (Lipinski definition) is 1. The van der Waals surface area contributed by atoms with Gasteiger partial charge in [-0.1, -0.05) is 0 Å². The molecule has 1 aromatic carbocycles. The molecule has 78 valence electrons. The third kappa shape index (κ3) is 1.58. The van der Waals surface area contributed by atoms with Crippen LogP contribution in [0.5, 0.6) is 0 Å². The molecule has 2 aromatic rings. The molecule has 0 fully saturated rings. The van der Waals surface area contributed by atoms with E-state index in [0.717, 1.165) is 5.69 Å². The van der Waals surface area contributed by atoms with Gasteiger partial charge in [-0.3, -0.25) is 0 Å². The quantitative estimate of drug-likeness (QED) is 0.729. The van der Waals surface area contributed by atoms with Gasteiger partial charge in [0.15, 0.2) is 0 Å². The summed E-state index contributed by atoms with van der Waals surface area (Å²) in [5.41, 5.74) is 1.73. The average molecular weight is 207 g/mol. The van der Waals surface area contributed by atoms with Gasteiger partial charge in [0.25, 0.3) is 0 Å². The fraction of sp³-hybridized carbons (Fsp3) is 0.182. The number of rotatable bonds is 1. The number of methoxy groups -OCH3 is 1. The highest BCUT2D eigenvalue weighted by Gasteiger charge is 2.13. The minimum absolute atomic E-state index is 0.247. The van der Waals surface area contributed by atoms with Crippen molar-refractivity contribution in [3.8, 4) is 0 Å². The van der Waals surface area contributed by atoms with E-state index >= 15 is 0 Å². The molecule has 0 radical (unpaired) electrons. The number of fused-ring (bicyclic) bond motifs is 1. The van der Waals surface area contributed by atoms with E-state index in [2.05, 4.69) is 9.72 Å². The van der Waals surface area contributed by atoms with Crippen LogP contribution in [-0.2, 0) is 4.74 Å². The van der Waals surface area contributed by atoms with Crippen LogP contribution in [0.4, 0.5) is 4.39 Å². The minimum Gasteiger partial charge on any atom is -0.465 e. The Bertz CT molecular complexity index is 531. The molecule has 0 spiro atoms. The summed E-state index contributed by atoms with van der Waals surface area (Å²) >= 11 is 0. The Kier molecular flexibility index (Phi) is 2.19. The standard InChI is InChI=1S/C11H10FNO2/c1-6-3-8-9(11(14)15-2)4-7(12)5-10(8)13-6/h3-5,13H,1-2H3. The van der Waals surface area contributed by atoms with Crippen molar-refractivity contribution in [2.75, 3.05) is 7.11 Å². The second kappa shape index (κ2) is 3.38. The van der Waals surface area contributed by atoms with Crippen LogP contribution in [0.1, 0.15) is 16.1 Å². The lowest BCUT2D eigenvalue weighted by Gasteiger charge is -2.01. The van der Waals surface area contributed by atoms with Gasteiger partial charge in [-0.2, -0.15) is 0 Å². The first kappa shape index (κ1) is 9.71. The van der Waals surface area contributed by atoms with Crippen LogP contribution >= 0.6 is 0 Å². The summed E-state index contributed by atoms with van der Waals surface area (Å²) in [6.07, 6.45) is 0. The average Bonchev–Trinajstić information content (AvgIpc) is 2.55. The van der Waals surface area contributed by atoms with Crippen molar-refractivity contribution in [3.63, 3.8) is 0 Å². The molecule has 4 heteroatoms. The lowest BCUT2D eigenvalue weighted by Crippen LogP contribution is -2.02. The number of benzene rings is 1. The molecule has 0 aliphatic rings. The number of aryl methyl sites for hydroxylation is 1. The molecule has 3 nitrogen and oxygen atoms in total. The molecular formula is C11H10FNO2. The number of nitrogens with one attached hydrogen (secondary N) is 1. The molecule has 0 amide bonds. The zero-order valence-electron chi connectivity index (χ0n) is 8.43. The Morgan fingerprint density at radius 1 is 1.40 bits per heavy atom. The molecule has 0 aliphatic heterocycles. The van der Waals surface area contributed by atoms with Crippen LogP contribution in [0.25, 0.3) is 10.9 Å². The van der Waals surface area contributed by atoms with Crippen molar-refractivity contribution in [2.24, 2.45) is 0 Å². The SMILES string of the molecule is COC(=O)c1cc(F)cc2[nH]c(C)cc12. The normalized spacial score (nSPS) is 10.6. The number of carbonyl (C=O) groups is 1. The number of esters is 1. The zero-order valence-corrected chi connectivity index (χ0v) is 8.43. The topological polar surface area (TPSA) is 42.1 Å².